The van der Waals surface area contributed by atoms with Crippen LogP contribution in [-0.4, -0.2) is 64.0 Å². The Balaban J connectivity index is 1.30. The number of hydrogen-bond donors (Lipinski definition) is 2. The van der Waals surface area contributed by atoms with E-state index >= 15 is 0 Å². The van der Waals surface area contributed by atoms with Gasteiger partial charge in [0.05, 0.1) is 18.8 Å². The molecule has 1 aliphatic carbocycles. The first kappa shape index (κ1) is 17.0. The Morgan fingerprint density at radius 2 is 2.08 bits per heavy atom. The van der Waals surface area contributed by atoms with E-state index < -0.39 is 0 Å². The highest BCUT2D eigenvalue weighted by Crippen LogP contribution is 2.28. The fraction of sp³-hybridized carbons (Fsp3) is 0.556. The number of carbonyl (C=O) groups excluding carboxylic acids is 2. The maximum atomic E-state index is 12.6. The van der Waals surface area contributed by atoms with Gasteiger partial charge < -0.3 is 15.0 Å². The number of rotatable bonds is 4. The summed E-state index contributed by atoms with van der Waals surface area (Å²) in [5.74, 6) is -0.113. The van der Waals surface area contributed by atoms with E-state index in [0.717, 1.165) is 19.3 Å². The molecule has 1 aromatic heterocycles. The van der Waals surface area contributed by atoms with Crippen molar-refractivity contribution in [2.24, 2.45) is 0 Å². The maximum absolute atomic E-state index is 12.6. The molecule has 2 aliphatic rings. The lowest BCUT2D eigenvalue weighted by molar-refractivity contribution is -0.149. The normalized spacial score (nSPS) is 22.8. The van der Waals surface area contributed by atoms with Crippen LogP contribution in [0.1, 0.15) is 42.5 Å². The van der Waals surface area contributed by atoms with Gasteiger partial charge in [0.1, 0.15) is 11.0 Å². The third-order valence-corrected chi connectivity index (χ3v) is 5.26. The quantitative estimate of drug-likeness (QED) is 0.858. The summed E-state index contributed by atoms with van der Waals surface area (Å²) in [4.78, 5) is 26.8. The van der Waals surface area contributed by atoms with E-state index in [4.69, 9.17) is 4.74 Å². The summed E-state index contributed by atoms with van der Waals surface area (Å²) >= 11 is 0. The van der Waals surface area contributed by atoms with Crippen LogP contribution in [0, 0.1) is 0 Å². The van der Waals surface area contributed by atoms with E-state index in [1.807, 2.05) is 4.90 Å². The molecule has 2 heterocycles. The van der Waals surface area contributed by atoms with E-state index in [1.54, 1.807) is 18.2 Å². The van der Waals surface area contributed by atoms with Crippen molar-refractivity contribution < 1.29 is 14.3 Å². The molecule has 138 valence electrons. The molecule has 8 heteroatoms. The van der Waals surface area contributed by atoms with Gasteiger partial charge in [0.15, 0.2) is 0 Å². The second-order valence-corrected chi connectivity index (χ2v) is 6.88. The van der Waals surface area contributed by atoms with Crippen LogP contribution in [0.2, 0.25) is 0 Å². The first-order valence-electron chi connectivity index (χ1n) is 9.22. The molecule has 0 radical (unpaired) electrons. The Bertz CT molecular complexity index is 803. The van der Waals surface area contributed by atoms with E-state index in [-0.39, 0.29) is 24.0 Å². The molecule has 1 saturated heterocycles. The third-order valence-electron chi connectivity index (χ3n) is 5.26. The zero-order chi connectivity index (χ0) is 17.9. The van der Waals surface area contributed by atoms with Crippen LogP contribution in [0.4, 0.5) is 0 Å². The second-order valence-electron chi connectivity index (χ2n) is 6.88. The molecular formula is C18H23N5O3. The number of amides is 2. The van der Waals surface area contributed by atoms with Crippen LogP contribution in [0.15, 0.2) is 18.2 Å². The molecule has 2 N–H and O–H groups in total. The van der Waals surface area contributed by atoms with Crippen LogP contribution >= 0.6 is 0 Å². The zero-order valence-corrected chi connectivity index (χ0v) is 14.6. The summed E-state index contributed by atoms with van der Waals surface area (Å²) in [5.41, 5.74) is 1.87. The van der Waals surface area contributed by atoms with Crippen molar-refractivity contribution in [3.63, 3.8) is 0 Å². The van der Waals surface area contributed by atoms with Gasteiger partial charge in [0.2, 0.25) is 5.91 Å². The summed E-state index contributed by atoms with van der Waals surface area (Å²) in [5, 5.41) is 13.3. The minimum absolute atomic E-state index is 0.0949. The highest BCUT2D eigenvalue weighted by atomic mass is 16.5. The average Bonchev–Trinajstić information content (AvgIpc) is 3.15. The van der Waals surface area contributed by atoms with E-state index in [0.29, 0.717) is 42.7 Å². The van der Waals surface area contributed by atoms with Gasteiger partial charge in [-0.25, -0.2) is 0 Å². The van der Waals surface area contributed by atoms with Gasteiger partial charge in [-0.15, -0.1) is 0 Å². The maximum Gasteiger partial charge on any atom is 0.251 e. The minimum Gasteiger partial charge on any atom is -0.374 e. The van der Waals surface area contributed by atoms with Crippen molar-refractivity contribution in [3.05, 3.63) is 23.8 Å². The summed E-state index contributed by atoms with van der Waals surface area (Å²) in [6.45, 7) is 1.58. The molecule has 26 heavy (non-hydrogen) atoms. The summed E-state index contributed by atoms with van der Waals surface area (Å²) < 4.78 is 5.81. The summed E-state index contributed by atoms with van der Waals surface area (Å²) in [7, 11) is 0. The van der Waals surface area contributed by atoms with Crippen LogP contribution < -0.4 is 5.32 Å². The van der Waals surface area contributed by atoms with Gasteiger partial charge in [-0.3, -0.25) is 9.59 Å². The molecule has 1 aromatic carbocycles. The molecule has 2 atom stereocenters. The fourth-order valence-electron chi connectivity index (χ4n) is 3.92. The van der Waals surface area contributed by atoms with Crippen molar-refractivity contribution >= 4 is 22.8 Å². The third kappa shape index (κ3) is 3.41. The predicted molar refractivity (Wildman–Crippen MR) is 94.5 cm³/mol. The molecule has 0 bridgehead atoms. The monoisotopic (exact) mass is 357 g/mol. The Morgan fingerprint density at radius 3 is 3.00 bits per heavy atom. The Hall–Kier alpha value is -2.48. The molecule has 1 aliphatic heterocycles. The van der Waals surface area contributed by atoms with Gasteiger partial charge in [0.25, 0.3) is 5.91 Å². The van der Waals surface area contributed by atoms with E-state index in [9.17, 15) is 9.59 Å². The van der Waals surface area contributed by atoms with Crippen LogP contribution in [0.3, 0.4) is 0 Å². The molecule has 2 aromatic rings. The average molecular weight is 357 g/mol. The SMILES string of the molecule is O=C(NCCC(=O)N1CCO[C@H]2CCCC[C@H]21)c1ccc2n[nH]nc2c1. The van der Waals surface area contributed by atoms with Gasteiger partial charge in [-0.1, -0.05) is 12.8 Å². The number of fused-ring (bicyclic) bond motifs is 2. The van der Waals surface area contributed by atoms with Crippen molar-refractivity contribution in [2.75, 3.05) is 19.7 Å². The number of H-pyrrole nitrogens is 1. The lowest BCUT2D eigenvalue weighted by Crippen LogP contribution is -2.55. The predicted octanol–water partition coefficient (Wildman–Crippen LogP) is 1.25. The van der Waals surface area contributed by atoms with Crippen molar-refractivity contribution in [3.8, 4) is 0 Å². The van der Waals surface area contributed by atoms with E-state index in [2.05, 4.69) is 20.7 Å². The van der Waals surface area contributed by atoms with Gasteiger partial charge in [-0.2, -0.15) is 15.4 Å². The number of aromatic amines is 1. The minimum atomic E-state index is -0.208. The van der Waals surface area contributed by atoms with Crippen LogP contribution in [-0.2, 0) is 9.53 Å². The molecule has 2 amide bonds. The highest BCUT2D eigenvalue weighted by Gasteiger charge is 2.36. The number of nitrogens with zero attached hydrogens (tertiary/aromatic N) is 3. The first-order valence-corrected chi connectivity index (χ1v) is 9.22. The van der Waals surface area contributed by atoms with Gasteiger partial charge in [0, 0.05) is 25.1 Å². The van der Waals surface area contributed by atoms with Crippen molar-refractivity contribution in [2.45, 2.75) is 44.2 Å². The number of hydrogen-bond acceptors (Lipinski definition) is 5. The summed E-state index contributed by atoms with van der Waals surface area (Å²) in [6.07, 6.45) is 4.87. The van der Waals surface area contributed by atoms with Crippen molar-refractivity contribution in [1.82, 2.24) is 25.6 Å². The molecule has 0 unspecified atom stereocenters. The molecule has 1 saturated carbocycles. The lowest BCUT2D eigenvalue weighted by Gasteiger charge is -2.43. The first-order chi connectivity index (χ1) is 12.7. The number of benzene rings is 1. The van der Waals surface area contributed by atoms with Gasteiger partial charge >= 0.3 is 0 Å². The zero-order valence-electron chi connectivity index (χ0n) is 14.6. The number of nitrogens with one attached hydrogen (secondary N) is 2. The van der Waals surface area contributed by atoms with Crippen LogP contribution in [0.25, 0.3) is 11.0 Å². The number of carbonyl (C=O) groups is 2. The smallest absolute Gasteiger partial charge is 0.251 e. The standard InChI is InChI=1S/C18H23N5O3/c24-17(23-9-10-26-16-4-2-1-3-15(16)23)7-8-19-18(25)12-5-6-13-14(11-12)21-22-20-13/h5-6,11,15-16H,1-4,7-10H2,(H,19,25)(H,20,21,22)/t15-,16+/m1/s1. The lowest BCUT2D eigenvalue weighted by atomic mass is 9.90. The largest absolute Gasteiger partial charge is 0.374 e. The number of morpholine rings is 1. The van der Waals surface area contributed by atoms with Crippen LogP contribution in [0.5, 0.6) is 0 Å². The van der Waals surface area contributed by atoms with E-state index in [1.165, 1.54) is 6.42 Å². The molecule has 4 rings (SSSR count). The summed E-state index contributed by atoms with van der Waals surface area (Å²) in [6, 6.07) is 5.34. The molecular weight excluding hydrogens is 334 g/mol. The number of aromatic nitrogens is 3. The van der Waals surface area contributed by atoms with Crippen molar-refractivity contribution in [1.29, 1.82) is 0 Å². The molecule has 2 fully saturated rings. The topological polar surface area (TPSA) is 100 Å². The second kappa shape index (κ2) is 7.41. The molecule has 8 nitrogen and oxygen atoms in total. The number of ether oxygens (including phenoxy) is 1. The fourth-order valence-corrected chi connectivity index (χ4v) is 3.92. The Labute approximate surface area is 151 Å². The van der Waals surface area contributed by atoms with Gasteiger partial charge in [-0.05, 0) is 31.0 Å². The highest BCUT2D eigenvalue weighted by molar-refractivity contribution is 5.97. The Morgan fingerprint density at radius 1 is 1.23 bits per heavy atom. The molecule has 0 spiro atoms. The Kier molecular flexibility index (Phi) is 4.83.